The molecule has 0 radical (unpaired) electrons. The third kappa shape index (κ3) is 8.31. The Hall–Kier alpha value is -4.84. The summed E-state index contributed by atoms with van der Waals surface area (Å²) in [7, 11) is 0. The molecule has 5 rings (SSSR count). The second-order valence-electron chi connectivity index (χ2n) is 12.4. The van der Waals surface area contributed by atoms with Crippen molar-refractivity contribution < 1.29 is 23.2 Å². The van der Waals surface area contributed by atoms with Gasteiger partial charge in [-0.1, -0.05) is 30.3 Å². The summed E-state index contributed by atoms with van der Waals surface area (Å²) in [6, 6.07) is 15.5. The molecular formula is C35H40F2N6O4. The predicted octanol–water partition coefficient (Wildman–Crippen LogP) is 4.65. The highest BCUT2D eigenvalue weighted by atomic mass is 19.3. The summed E-state index contributed by atoms with van der Waals surface area (Å²) in [4.78, 5) is 56.4. The molecule has 1 heterocycles. The molecule has 1 fully saturated rings. The molecule has 0 bridgehead atoms. The van der Waals surface area contributed by atoms with Crippen LogP contribution in [0.5, 0.6) is 0 Å². The summed E-state index contributed by atoms with van der Waals surface area (Å²) >= 11 is 0. The summed E-state index contributed by atoms with van der Waals surface area (Å²) < 4.78 is 25.7. The number of nitrogens with two attached hydrogens (primary N) is 1. The summed E-state index contributed by atoms with van der Waals surface area (Å²) in [5.74, 6) is -0.893. The number of hydrogen-bond donors (Lipinski definition) is 6. The van der Waals surface area contributed by atoms with Crippen LogP contribution in [0.25, 0.3) is 22.2 Å². The maximum atomic E-state index is 13.6. The number of halogens is 2. The van der Waals surface area contributed by atoms with E-state index in [0.717, 1.165) is 47.9 Å². The largest absolute Gasteiger partial charge is 0.344 e. The third-order valence-corrected chi connectivity index (χ3v) is 8.90. The minimum atomic E-state index is -2.66. The van der Waals surface area contributed by atoms with Crippen LogP contribution in [0.3, 0.4) is 0 Å². The van der Waals surface area contributed by atoms with Gasteiger partial charge in [-0.05, 0) is 105 Å². The van der Waals surface area contributed by atoms with Crippen LogP contribution in [-0.4, -0.2) is 52.7 Å². The van der Waals surface area contributed by atoms with E-state index < -0.39 is 24.4 Å². The minimum Gasteiger partial charge on any atom is -0.344 e. The number of aromatic nitrogens is 2. The van der Waals surface area contributed by atoms with Gasteiger partial charge in [0.25, 0.3) is 12.3 Å². The number of amides is 3. The SMILES string of the molecule is Cc1cc(C(=O)NC(C)C(F)F)ccc1-c1ccc(CC(NC(=O)C2CCC(CN)CC2)C(=O)Nc2ccc3[nH]c(=O)[nH]c3c2)cc1. The molecule has 2 unspecified atom stereocenters. The van der Waals surface area contributed by atoms with Crippen molar-refractivity contribution in [2.24, 2.45) is 17.6 Å². The number of aryl methyl sites for hydroxylation is 1. The zero-order valence-corrected chi connectivity index (χ0v) is 26.4. The molecule has 1 aromatic heterocycles. The van der Waals surface area contributed by atoms with Gasteiger partial charge in [-0.15, -0.1) is 0 Å². The molecule has 1 saturated carbocycles. The van der Waals surface area contributed by atoms with Crippen LogP contribution in [-0.2, 0) is 16.0 Å². The Labute approximate surface area is 270 Å². The van der Waals surface area contributed by atoms with Crippen LogP contribution in [0.4, 0.5) is 14.5 Å². The van der Waals surface area contributed by atoms with Crippen LogP contribution >= 0.6 is 0 Å². The molecule has 47 heavy (non-hydrogen) atoms. The number of aromatic amines is 2. The van der Waals surface area contributed by atoms with Crippen molar-refractivity contribution >= 4 is 34.4 Å². The fourth-order valence-electron chi connectivity index (χ4n) is 6.04. The predicted molar refractivity (Wildman–Crippen MR) is 177 cm³/mol. The number of carbonyl (C=O) groups excluding carboxylic acids is 3. The van der Waals surface area contributed by atoms with E-state index in [4.69, 9.17) is 5.73 Å². The van der Waals surface area contributed by atoms with Gasteiger partial charge in [0, 0.05) is 23.6 Å². The van der Waals surface area contributed by atoms with E-state index in [2.05, 4.69) is 25.9 Å². The molecule has 7 N–H and O–H groups in total. The number of hydrogen-bond acceptors (Lipinski definition) is 5. The number of imidazole rings is 1. The number of fused-ring (bicyclic) bond motifs is 1. The number of nitrogens with one attached hydrogen (secondary N) is 5. The molecular weight excluding hydrogens is 606 g/mol. The van der Waals surface area contributed by atoms with E-state index in [0.29, 0.717) is 34.7 Å². The quantitative estimate of drug-likeness (QED) is 0.140. The molecule has 1 aliphatic rings. The molecule has 4 aromatic rings. The van der Waals surface area contributed by atoms with Gasteiger partial charge in [0.15, 0.2) is 0 Å². The van der Waals surface area contributed by atoms with Crippen molar-refractivity contribution in [3.8, 4) is 11.1 Å². The lowest BCUT2D eigenvalue weighted by atomic mass is 9.81. The Morgan fingerprint density at radius 2 is 1.62 bits per heavy atom. The highest BCUT2D eigenvalue weighted by Gasteiger charge is 2.29. The Balaban J connectivity index is 1.31. The molecule has 3 aromatic carbocycles. The van der Waals surface area contributed by atoms with Crippen molar-refractivity contribution in [2.45, 2.75) is 64.5 Å². The van der Waals surface area contributed by atoms with Gasteiger partial charge in [0.2, 0.25) is 11.8 Å². The van der Waals surface area contributed by atoms with E-state index in [9.17, 15) is 28.0 Å². The van der Waals surface area contributed by atoms with E-state index in [-0.39, 0.29) is 29.8 Å². The fraction of sp³-hybridized carbons (Fsp3) is 0.371. The molecule has 0 aliphatic heterocycles. The van der Waals surface area contributed by atoms with Crippen LogP contribution in [0.1, 0.15) is 54.1 Å². The lowest BCUT2D eigenvalue weighted by Crippen LogP contribution is -2.48. The second-order valence-corrected chi connectivity index (χ2v) is 12.4. The zero-order chi connectivity index (χ0) is 33.7. The highest BCUT2D eigenvalue weighted by Crippen LogP contribution is 2.29. The number of carbonyl (C=O) groups is 3. The summed E-state index contributed by atoms with van der Waals surface area (Å²) in [5, 5.41) is 8.18. The van der Waals surface area contributed by atoms with Crippen LogP contribution in [0.15, 0.2) is 65.5 Å². The average molecular weight is 647 g/mol. The van der Waals surface area contributed by atoms with Crippen molar-refractivity contribution in [3.63, 3.8) is 0 Å². The molecule has 2 atom stereocenters. The topological polar surface area (TPSA) is 162 Å². The van der Waals surface area contributed by atoms with Gasteiger partial charge in [0.1, 0.15) is 6.04 Å². The molecule has 1 aliphatic carbocycles. The zero-order valence-electron chi connectivity index (χ0n) is 26.4. The highest BCUT2D eigenvalue weighted by molar-refractivity contribution is 5.99. The minimum absolute atomic E-state index is 0.162. The van der Waals surface area contributed by atoms with Crippen molar-refractivity contribution in [1.29, 1.82) is 0 Å². The van der Waals surface area contributed by atoms with Gasteiger partial charge in [-0.2, -0.15) is 0 Å². The lowest BCUT2D eigenvalue weighted by molar-refractivity contribution is -0.130. The van der Waals surface area contributed by atoms with E-state index in [1.807, 2.05) is 31.2 Å². The van der Waals surface area contributed by atoms with Gasteiger partial charge in [-0.25, -0.2) is 13.6 Å². The Kier molecular flexibility index (Phi) is 10.5. The Bertz CT molecular complexity index is 1790. The third-order valence-electron chi connectivity index (χ3n) is 8.90. The lowest BCUT2D eigenvalue weighted by Gasteiger charge is -2.28. The van der Waals surface area contributed by atoms with E-state index >= 15 is 0 Å². The Morgan fingerprint density at radius 3 is 2.28 bits per heavy atom. The number of alkyl halides is 2. The first-order valence-electron chi connectivity index (χ1n) is 15.8. The molecule has 12 heteroatoms. The fourth-order valence-corrected chi connectivity index (χ4v) is 6.04. The van der Waals surface area contributed by atoms with Gasteiger partial charge < -0.3 is 31.7 Å². The summed E-state index contributed by atoms with van der Waals surface area (Å²) in [5.41, 5.74) is 10.8. The number of benzene rings is 3. The van der Waals surface area contributed by atoms with Crippen LogP contribution < -0.4 is 27.4 Å². The first-order chi connectivity index (χ1) is 22.5. The number of anilines is 1. The molecule has 0 spiro atoms. The van der Waals surface area contributed by atoms with E-state index in [1.54, 1.807) is 36.4 Å². The van der Waals surface area contributed by atoms with Gasteiger partial charge in [0.05, 0.1) is 17.1 Å². The smallest absolute Gasteiger partial charge is 0.323 e. The van der Waals surface area contributed by atoms with E-state index in [1.165, 1.54) is 6.92 Å². The average Bonchev–Trinajstić information content (AvgIpc) is 3.43. The van der Waals surface area contributed by atoms with Crippen molar-refractivity contribution in [1.82, 2.24) is 20.6 Å². The molecule has 248 valence electrons. The monoisotopic (exact) mass is 646 g/mol. The first kappa shape index (κ1) is 33.5. The second kappa shape index (κ2) is 14.7. The summed E-state index contributed by atoms with van der Waals surface area (Å²) in [6.45, 7) is 3.70. The maximum absolute atomic E-state index is 13.6. The summed E-state index contributed by atoms with van der Waals surface area (Å²) in [6.07, 6.45) is 0.774. The standard InChI is InChI=1S/C35H40F2N6O4/c1-19-15-25(33(45)39-20(2)31(36)37)11-13-27(19)23-7-3-21(4-8-23)16-30(41-32(44)24-9-5-22(18-38)6-10-24)34(46)40-26-12-14-28-29(17-26)43-35(47)42-28/h3-4,7-8,11-15,17,20,22,24,30-31H,5-6,9-10,16,18,38H2,1-2H3,(H,39,45)(H,40,46)(H,41,44)(H2,42,43,47). The maximum Gasteiger partial charge on any atom is 0.323 e. The number of rotatable bonds is 11. The Morgan fingerprint density at radius 1 is 0.915 bits per heavy atom. The van der Waals surface area contributed by atoms with Gasteiger partial charge in [-0.3, -0.25) is 14.4 Å². The molecule has 10 nitrogen and oxygen atoms in total. The van der Waals surface area contributed by atoms with Gasteiger partial charge >= 0.3 is 5.69 Å². The number of H-pyrrole nitrogens is 2. The normalized spacial score (nSPS) is 17.7. The molecule has 0 saturated heterocycles. The molecule has 3 amide bonds. The van der Waals surface area contributed by atoms with Crippen LogP contribution in [0, 0.1) is 18.8 Å². The van der Waals surface area contributed by atoms with Crippen molar-refractivity contribution in [2.75, 3.05) is 11.9 Å². The van der Waals surface area contributed by atoms with Crippen molar-refractivity contribution in [3.05, 3.63) is 87.8 Å². The first-order valence-corrected chi connectivity index (χ1v) is 15.8. The van der Waals surface area contributed by atoms with Crippen LogP contribution in [0.2, 0.25) is 0 Å².